The summed E-state index contributed by atoms with van der Waals surface area (Å²) in [5, 5.41) is 0. The van der Waals surface area contributed by atoms with Gasteiger partial charge in [-0.25, -0.2) is 0 Å². The van der Waals surface area contributed by atoms with E-state index in [0.29, 0.717) is 0 Å². The lowest BCUT2D eigenvalue weighted by Crippen LogP contribution is -2.41. The molecule has 2 nitrogen and oxygen atoms in total. The Morgan fingerprint density at radius 2 is 1.40 bits per heavy atom. The van der Waals surface area contributed by atoms with Crippen molar-refractivity contribution in [1.82, 2.24) is 0 Å². The number of rotatable bonds is 1. The molecule has 0 unspecified atom stereocenters. The highest BCUT2D eigenvalue weighted by Gasteiger charge is 2.52. The lowest BCUT2D eigenvalue weighted by atomic mass is 9.73. The molecular weight excluding hydrogens is 307 g/mol. The van der Waals surface area contributed by atoms with E-state index in [-0.39, 0.29) is 23.7 Å². The molecule has 130 valence electrons. The first kappa shape index (κ1) is 16.9. The van der Waals surface area contributed by atoms with Crippen molar-refractivity contribution in [2.24, 2.45) is 0 Å². The molecular formula is C22H27BO2. The Hall–Kier alpha value is -1.58. The predicted octanol–water partition coefficient (Wildman–Crippen LogP) is 4.60. The minimum atomic E-state index is -0.316. The second kappa shape index (κ2) is 4.99. The molecule has 1 aliphatic heterocycles. The van der Waals surface area contributed by atoms with Gasteiger partial charge >= 0.3 is 7.12 Å². The summed E-state index contributed by atoms with van der Waals surface area (Å²) in [6, 6.07) is 13.3. The fourth-order valence-electron chi connectivity index (χ4n) is 4.17. The average molecular weight is 334 g/mol. The van der Waals surface area contributed by atoms with Gasteiger partial charge < -0.3 is 9.31 Å². The molecule has 1 saturated heterocycles. The molecule has 0 aromatic heterocycles. The van der Waals surface area contributed by atoms with E-state index in [1.807, 2.05) is 0 Å². The minimum absolute atomic E-state index is 0.00363. The van der Waals surface area contributed by atoms with E-state index in [1.165, 1.54) is 27.8 Å². The van der Waals surface area contributed by atoms with Gasteiger partial charge in [-0.2, -0.15) is 0 Å². The van der Waals surface area contributed by atoms with E-state index < -0.39 is 0 Å². The molecule has 0 bridgehead atoms. The minimum Gasteiger partial charge on any atom is -0.399 e. The molecule has 0 N–H and O–H groups in total. The quantitative estimate of drug-likeness (QED) is 0.710. The summed E-state index contributed by atoms with van der Waals surface area (Å²) < 4.78 is 12.6. The third-order valence-corrected chi connectivity index (χ3v) is 6.43. The molecule has 0 amide bonds. The van der Waals surface area contributed by atoms with Crippen molar-refractivity contribution in [2.75, 3.05) is 0 Å². The highest BCUT2D eigenvalue weighted by Crippen LogP contribution is 2.49. The molecule has 1 heterocycles. The van der Waals surface area contributed by atoms with Gasteiger partial charge in [0.1, 0.15) is 0 Å². The van der Waals surface area contributed by atoms with Crippen LogP contribution in [0.4, 0.5) is 0 Å². The van der Waals surface area contributed by atoms with Crippen molar-refractivity contribution in [1.29, 1.82) is 0 Å². The maximum atomic E-state index is 6.29. The Labute approximate surface area is 151 Å². The van der Waals surface area contributed by atoms with Crippen molar-refractivity contribution < 1.29 is 9.31 Å². The van der Waals surface area contributed by atoms with Crippen molar-refractivity contribution in [2.45, 2.75) is 65.1 Å². The van der Waals surface area contributed by atoms with Crippen LogP contribution in [0.2, 0.25) is 0 Å². The number of aryl methyl sites for hydroxylation is 1. The van der Waals surface area contributed by atoms with Gasteiger partial charge in [-0.15, -0.1) is 0 Å². The normalized spacial score (nSPS) is 22.0. The van der Waals surface area contributed by atoms with Gasteiger partial charge in [0.25, 0.3) is 0 Å². The number of fused-ring (bicyclic) bond motifs is 3. The van der Waals surface area contributed by atoms with Gasteiger partial charge in [0, 0.05) is 5.41 Å². The van der Waals surface area contributed by atoms with Crippen LogP contribution in [0.15, 0.2) is 36.4 Å². The van der Waals surface area contributed by atoms with Crippen LogP contribution in [0.1, 0.15) is 58.2 Å². The molecule has 2 aliphatic rings. The zero-order valence-electron chi connectivity index (χ0n) is 16.4. The van der Waals surface area contributed by atoms with Crippen molar-refractivity contribution >= 4 is 12.6 Å². The first-order valence-electron chi connectivity index (χ1n) is 9.15. The Bertz CT molecular complexity index is 848. The highest BCUT2D eigenvalue weighted by atomic mass is 16.7. The molecule has 4 rings (SSSR count). The second-order valence-corrected chi connectivity index (χ2v) is 9.02. The average Bonchev–Trinajstić information content (AvgIpc) is 2.88. The van der Waals surface area contributed by atoms with Gasteiger partial charge in [0.05, 0.1) is 11.2 Å². The molecule has 3 heteroatoms. The third-order valence-electron chi connectivity index (χ3n) is 6.43. The van der Waals surface area contributed by atoms with Crippen LogP contribution in [-0.4, -0.2) is 18.3 Å². The maximum absolute atomic E-state index is 6.29. The van der Waals surface area contributed by atoms with Gasteiger partial charge in [-0.1, -0.05) is 50.2 Å². The summed E-state index contributed by atoms with van der Waals surface area (Å²) in [6.07, 6.45) is 0. The van der Waals surface area contributed by atoms with Gasteiger partial charge in [0.2, 0.25) is 0 Å². The Morgan fingerprint density at radius 3 is 2.04 bits per heavy atom. The molecule has 1 fully saturated rings. The molecule has 0 saturated carbocycles. The summed E-state index contributed by atoms with van der Waals surface area (Å²) in [4.78, 5) is 0. The van der Waals surface area contributed by atoms with Crippen molar-refractivity contribution in [3.63, 3.8) is 0 Å². The summed E-state index contributed by atoms with van der Waals surface area (Å²) >= 11 is 0. The van der Waals surface area contributed by atoms with E-state index in [1.54, 1.807) is 0 Å². The van der Waals surface area contributed by atoms with E-state index >= 15 is 0 Å². The Morgan fingerprint density at radius 1 is 0.800 bits per heavy atom. The Balaban J connectivity index is 1.84. The van der Waals surface area contributed by atoms with Crippen LogP contribution in [0, 0.1) is 6.92 Å². The molecule has 0 spiro atoms. The summed E-state index contributed by atoms with van der Waals surface area (Å²) in [5.41, 5.74) is 7.29. The lowest BCUT2D eigenvalue weighted by Gasteiger charge is -2.32. The first-order chi connectivity index (χ1) is 11.5. The maximum Gasteiger partial charge on any atom is 0.494 e. The van der Waals surface area contributed by atoms with Gasteiger partial charge in [-0.3, -0.25) is 0 Å². The lowest BCUT2D eigenvalue weighted by molar-refractivity contribution is 0.00578. The zero-order valence-corrected chi connectivity index (χ0v) is 16.4. The van der Waals surface area contributed by atoms with Gasteiger partial charge in [-0.05, 0) is 67.9 Å². The van der Waals surface area contributed by atoms with E-state index in [0.717, 1.165) is 5.46 Å². The monoisotopic (exact) mass is 334 g/mol. The van der Waals surface area contributed by atoms with Crippen LogP contribution in [0.5, 0.6) is 0 Å². The second-order valence-electron chi connectivity index (χ2n) is 9.02. The van der Waals surface area contributed by atoms with Gasteiger partial charge in [0.15, 0.2) is 0 Å². The fourth-order valence-corrected chi connectivity index (χ4v) is 4.17. The van der Waals surface area contributed by atoms with Crippen molar-refractivity contribution in [3.8, 4) is 11.1 Å². The standard InChI is InChI=1S/C22H27BO2/c1-14-12-15(23-24-21(4,5)22(6,7)25-23)13-18-19(14)16-10-8-9-11-17(16)20(18,2)3/h8-13H,1-7H3. The zero-order chi connectivity index (χ0) is 18.2. The van der Waals surface area contributed by atoms with Crippen LogP contribution in [-0.2, 0) is 14.7 Å². The Kier molecular flexibility index (Phi) is 3.37. The van der Waals surface area contributed by atoms with Crippen molar-refractivity contribution in [3.05, 3.63) is 53.1 Å². The summed E-state index contributed by atoms with van der Waals surface area (Å²) in [7, 11) is -0.312. The smallest absolute Gasteiger partial charge is 0.399 e. The van der Waals surface area contributed by atoms with Crippen LogP contribution >= 0.6 is 0 Å². The molecule has 0 atom stereocenters. The SMILES string of the molecule is Cc1cc(B2OC(C)(C)C(C)(C)O2)cc2c1-c1ccccc1C2(C)C. The summed E-state index contributed by atoms with van der Waals surface area (Å²) in [6.45, 7) is 15.2. The van der Waals surface area contributed by atoms with Crippen LogP contribution in [0.25, 0.3) is 11.1 Å². The third kappa shape index (κ3) is 2.25. The summed E-state index contributed by atoms with van der Waals surface area (Å²) in [5.74, 6) is 0. The largest absolute Gasteiger partial charge is 0.494 e. The molecule has 2 aromatic carbocycles. The van der Waals surface area contributed by atoms with E-state index in [2.05, 4.69) is 84.9 Å². The number of benzene rings is 2. The number of hydrogen-bond donors (Lipinski definition) is 0. The highest BCUT2D eigenvalue weighted by molar-refractivity contribution is 6.62. The van der Waals surface area contributed by atoms with Crippen LogP contribution in [0.3, 0.4) is 0 Å². The first-order valence-corrected chi connectivity index (χ1v) is 9.15. The predicted molar refractivity (Wildman–Crippen MR) is 104 cm³/mol. The fraction of sp³-hybridized carbons (Fsp3) is 0.455. The molecule has 1 aliphatic carbocycles. The van der Waals surface area contributed by atoms with E-state index in [9.17, 15) is 0 Å². The topological polar surface area (TPSA) is 18.5 Å². The molecule has 0 radical (unpaired) electrons. The molecule has 25 heavy (non-hydrogen) atoms. The number of hydrogen-bond acceptors (Lipinski definition) is 2. The van der Waals surface area contributed by atoms with Crippen LogP contribution < -0.4 is 5.46 Å². The molecule has 2 aromatic rings. The van der Waals surface area contributed by atoms with E-state index in [4.69, 9.17) is 9.31 Å².